The Balaban J connectivity index is 1.78. The van der Waals surface area contributed by atoms with Gasteiger partial charge in [-0.15, -0.1) is 0 Å². The van der Waals surface area contributed by atoms with Crippen LogP contribution in [0.25, 0.3) is 10.2 Å². The maximum absolute atomic E-state index is 13.2. The number of amides is 1. The number of aryl methyl sites for hydroxylation is 2. The molecular weight excluding hydrogens is 336 g/mol. The first-order valence-corrected chi connectivity index (χ1v) is 8.64. The molecule has 3 aromatic heterocycles. The van der Waals surface area contributed by atoms with Crippen molar-refractivity contribution in [2.75, 3.05) is 4.90 Å². The summed E-state index contributed by atoms with van der Waals surface area (Å²) < 4.78 is 8.08. The van der Waals surface area contributed by atoms with Gasteiger partial charge in [0.25, 0.3) is 5.91 Å². The predicted molar refractivity (Wildman–Crippen MR) is 96.8 cm³/mol. The van der Waals surface area contributed by atoms with Crippen LogP contribution in [0.2, 0.25) is 0 Å². The molecule has 1 aromatic carbocycles. The van der Waals surface area contributed by atoms with E-state index in [0.717, 1.165) is 15.9 Å². The summed E-state index contributed by atoms with van der Waals surface area (Å²) in [7, 11) is 1.77. The van der Waals surface area contributed by atoms with E-state index in [9.17, 15) is 4.79 Å². The number of fused-ring (bicyclic) bond motifs is 1. The molecule has 1 amide bonds. The van der Waals surface area contributed by atoms with Gasteiger partial charge in [0.05, 0.1) is 28.7 Å². The summed E-state index contributed by atoms with van der Waals surface area (Å²) in [6, 6.07) is 13.3. The number of para-hydroxylation sites is 1. The van der Waals surface area contributed by atoms with Gasteiger partial charge in [0.2, 0.25) is 0 Å². The molecule has 0 bridgehead atoms. The molecule has 4 aromatic rings. The van der Waals surface area contributed by atoms with Crippen LogP contribution in [-0.4, -0.2) is 20.7 Å². The van der Waals surface area contributed by atoms with Crippen molar-refractivity contribution in [2.45, 2.75) is 13.5 Å². The molecule has 0 fully saturated rings. The highest BCUT2D eigenvalue weighted by molar-refractivity contribution is 7.22. The van der Waals surface area contributed by atoms with Crippen LogP contribution in [0.1, 0.15) is 21.9 Å². The van der Waals surface area contributed by atoms with Gasteiger partial charge in [-0.1, -0.05) is 23.5 Å². The number of carbonyl (C=O) groups excluding carboxylic acids is 1. The third kappa shape index (κ3) is 2.94. The first-order chi connectivity index (χ1) is 12.1. The van der Waals surface area contributed by atoms with E-state index in [1.807, 2.05) is 43.3 Å². The number of nitrogens with zero attached hydrogens (tertiary/aromatic N) is 4. The average Bonchev–Trinajstić information content (AvgIpc) is 3.31. The smallest absolute Gasteiger partial charge is 0.278 e. The SMILES string of the molecule is Cc1cc(C(=O)N(Cc2ccco2)c2nc3ccccc3s2)n(C)n1. The van der Waals surface area contributed by atoms with Gasteiger partial charge < -0.3 is 4.42 Å². The number of hydrogen-bond donors (Lipinski definition) is 0. The minimum absolute atomic E-state index is 0.154. The molecule has 0 atom stereocenters. The van der Waals surface area contributed by atoms with Gasteiger partial charge in [-0.2, -0.15) is 5.10 Å². The Bertz CT molecular complexity index is 1000. The zero-order valence-electron chi connectivity index (χ0n) is 13.8. The third-order valence-electron chi connectivity index (χ3n) is 3.87. The first-order valence-electron chi connectivity index (χ1n) is 7.82. The Hall–Kier alpha value is -2.93. The highest BCUT2D eigenvalue weighted by Gasteiger charge is 2.25. The molecule has 3 heterocycles. The molecule has 0 saturated carbocycles. The normalized spacial score (nSPS) is 11.1. The Morgan fingerprint density at radius 1 is 1.28 bits per heavy atom. The maximum Gasteiger partial charge on any atom is 0.278 e. The lowest BCUT2D eigenvalue weighted by Gasteiger charge is -2.18. The van der Waals surface area contributed by atoms with Gasteiger partial charge in [-0.3, -0.25) is 14.4 Å². The molecule has 0 aliphatic rings. The Morgan fingerprint density at radius 3 is 2.80 bits per heavy atom. The predicted octanol–water partition coefficient (Wildman–Crippen LogP) is 3.78. The lowest BCUT2D eigenvalue weighted by molar-refractivity contribution is 0.0974. The Morgan fingerprint density at radius 2 is 2.12 bits per heavy atom. The topological polar surface area (TPSA) is 64.2 Å². The number of furan rings is 1. The molecule has 0 unspecified atom stereocenters. The molecule has 6 nitrogen and oxygen atoms in total. The van der Waals surface area contributed by atoms with Crippen LogP contribution in [0.4, 0.5) is 5.13 Å². The summed E-state index contributed by atoms with van der Waals surface area (Å²) in [5.41, 5.74) is 2.19. The van der Waals surface area contributed by atoms with Crippen LogP contribution >= 0.6 is 11.3 Å². The molecule has 0 aliphatic heterocycles. The monoisotopic (exact) mass is 352 g/mol. The van der Waals surface area contributed by atoms with E-state index in [0.29, 0.717) is 23.1 Å². The van der Waals surface area contributed by atoms with E-state index in [2.05, 4.69) is 10.1 Å². The summed E-state index contributed by atoms with van der Waals surface area (Å²) >= 11 is 1.49. The fourth-order valence-corrected chi connectivity index (χ4v) is 3.67. The largest absolute Gasteiger partial charge is 0.467 e. The standard InChI is InChI=1S/C18H16N4O2S/c1-12-10-15(21(2)20-12)17(23)22(11-13-6-5-9-24-13)18-19-14-7-3-4-8-16(14)25-18/h3-10H,11H2,1-2H3. The fourth-order valence-electron chi connectivity index (χ4n) is 2.71. The highest BCUT2D eigenvalue weighted by Crippen LogP contribution is 2.30. The van der Waals surface area contributed by atoms with Gasteiger partial charge in [0, 0.05) is 7.05 Å². The highest BCUT2D eigenvalue weighted by atomic mass is 32.1. The van der Waals surface area contributed by atoms with Crippen LogP contribution in [0.3, 0.4) is 0 Å². The van der Waals surface area contributed by atoms with E-state index in [1.54, 1.807) is 29.0 Å². The van der Waals surface area contributed by atoms with Gasteiger partial charge >= 0.3 is 0 Å². The van der Waals surface area contributed by atoms with Crippen LogP contribution in [0.5, 0.6) is 0 Å². The van der Waals surface area contributed by atoms with Crippen molar-refractivity contribution in [1.82, 2.24) is 14.8 Å². The summed E-state index contributed by atoms with van der Waals surface area (Å²) in [4.78, 5) is 19.4. The van der Waals surface area contributed by atoms with Gasteiger partial charge in [-0.05, 0) is 37.3 Å². The summed E-state index contributed by atoms with van der Waals surface area (Å²) in [6.07, 6.45) is 1.60. The molecule has 0 spiro atoms. The van der Waals surface area contributed by atoms with Crippen molar-refractivity contribution in [2.24, 2.45) is 7.05 Å². The van der Waals surface area contributed by atoms with Crippen LogP contribution in [-0.2, 0) is 13.6 Å². The zero-order valence-corrected chi connectivity index (χ0v) is 14.7. The number of rotatable bonds is 4. The summed E-state index contributed by atoms with van der Waals surface area (Å²) in [6.45, 7) is 2.18. The summed E-state index contributed by atoms with van der Waals surface area (Å²) in [5, 5.41) is 4.92. The lowest BCUT2D eigenvalue weighted by atomic mass is 10.3. The van der Waals surface area contributed by atoms with Crippen LogP contribution in [0, 0.1) is 6.92 Å². The van der Waals surface area contributed by atoms with Crippen LogP contribution in [0.15, 0.2) is 53.1 Å². The second-order valence-corrected chi connectivity index (χ2v) is 6.74. The molecule has 0 saturated heterocycles. The summed E-state index contributed by atoms with van der Waals surface area (Å²) in [5.74, 6) is 0.546. The molecule has 4 rings (SSSR count). The Kier molecular flexibility index (Phi) is 3.85. The van der Waals surface area contributed by atoms with Crippen molar-refractivity contribution < 1.29 is 9.21 Å². The molecule has 126 valence electrons. The van der Waals surface area contributed by atoms with Crippen molar-refractivity contribution in [3.63, 3.8) is 0 Å². The van der Waals surface area contributed by atoms with E-state index < -0.39 is 0 Å². The number of aromatic nitrogens is 3. The van der Waals surface area contributed by atoms with Crippen molar-refractivity contribution in [3.05, 3.63) is 65.9 Å². The van der Waals surface area contributed by atoms with Gasteiger partial charge in [0.15, 0.2) is 5.13 Å². The number of benzene rings is 1. The average molecular weight is 352 g/mol. The van der Waals surface area contributed by atoms with E-state index in [1.165, 1.54) is 11.3 Å². The zero-order chi connectivity index (χ0) is 17.4. The number of anilines is 1. The minimum atomic E-state index is -0.154. The molecule has 7 heteroatoms. The van der Waals surface area contributed by atoms with E-state index in [4.69, 9.17) is 4.42 Å². The van der Waals surface area contributed by atoms with E-state index in [-0.39, 0.29) is 5.91 Å². The molecular formula is C18H16N4O2S. The van der Waals surface area contributed by atoms with Crippen molar-refractivity contribution in [3.8, 4) is 0 Å². The van der Waals surface area contributed by atoms with E-state index >= 15 is 0 Å². The van der Waals surface area contributed by atoms with Crippen molar-refractivity contribution in [1.29, 1.82) is 0 Å². The Labute approximate surface area is 148 Å². The number of hydrogen-bond acceptors (Lipinski definition) is 5. The quantitative estimate of drug-likeness (QED) is 0.561. The fraction of sp³-hybridized carbons (Fsp3) is 0.167. The maximum atomic E-state index is 13.2. The van der Waals surface area contributed by atoms with Crippen molar-refractivity contribution >= 4 is 32.6 Å². The van der Waals surface area contributed by atoms with Crippen LogP contribution < -0.4 is 4.90 Å². The molecule has 0 radical (unpaired) electrons. The lowest BCUT2D eigenvalue weighted by Crippen LogP contribution is -2.31. The second-order valence-electron chi connectivity index (χ2n) is 5.73. The first kappa shape index (κ1) is 15.6. The number of carbonyl (C=O) groups is 1. The molecule has 0 N–H and O–H groups in total. The number of thiazole rings is 1. The van der Waals surface area contributed by atoms with Gasteiger partial charge in [-0.25, -0.2) is 4.98 Å². The third-order valence-corrected chi connectivity index (χ3v) is 4.93. The molecule has 25 heavy (non-hydrogen) atoms. The molecule has 0 aliphatic carbocycles. The second kappa shape index (κ2) is 6.18. The minimum Gasteiger partial charge on any atom is -0.467 e. The van der Waals surface area contributed by atoms with Gasteiger partial charge in [0.1, 0.15) is 11.5 Å².